The zero-order valence-corrected chi connectivity index (χ0v) is 18.5. The van der Waals surface area contributed by atoms with Crippen molar-refractivity contribution in [3.63, 3.8) is 0 Å². The lowest BCUT2D eigenvalue weighted by atomic mass is 10.0. The van der Waals surface area contributed by atoms with E-state index in [-0.39, 0.29) is 30.7 Å². The van der Waals surface area contributed by atoms with E-state index in [9.17, 15) is 9.59 Å². The molecule has 9 nitrogen and oxygen atoms in total. The molecule has 2 heterocycles. The van der Waals surface area contributed by atoms with Crippen LogP contribution in [-0.2, 0) is 35.4 Å². The Morgan fingerprint density at radius 3 is 2.76 bits per heavy atom. The van der Waals surface area contributed by atoms with Crippen LogP contribution in [0.4, 0.5) is 5.69 Å². The molecule has 1 N–H and O–H groups in total. The van der Waals surface area contributed by atoms with Gasteiger partial charge in [0.2, 0.25) is 5.91 Å². The van der Waals surface area contributed by atoms with Crippen molar-refractivity contribution in [1.29, 1.82) is 0 Å². The van der Waals surface area contributed by atoms with Gasteiger partial charge in [0.05, 0.1) is 30.3 Å². The van der Waals surface area contributed by atoms with Gasteiger partial charge in [0.1, 0.15) is 5.75 Å². The van der Waals surface area contributed by atoms with Crippen molar-refractivity contribution in [2.45, 2.75) is 32.3 Å². The van der Waals surface area contributed by atoms with Gasteiger partial charge in [-0.05, 0) is 43.0 Å². The summed E-state index contributed by atoms with van der Waals surface area (Å²) < 4.78 is 15.9. The molecule has 4 aromatic rings. The first-order valence-electron chi connectivity index (χ1n) is 10.9. The topological polar surface area (TPSA) is 116 Å². The number of esters is 1. The Kier molecular flexibility index (Phi) is 5.90. The molecular formula is C25H22N4O5. The highest BCUT2D eigenvalue weighted by Crippen LogP contribution is 2.30. The van der Waals surface area contributed by atoms with E-state index >= 15 is 0 Å². The van der Waals surface area contributed by atoms with Crippen molar-refractivity contribution in [2.75, 3.05) is 12.4 Å². The second-order valence-corrected chi connectivity index (χ2v) is 7.89. The summed E-state index contributed by atoms with van der Waals surface area (Å²) in [5.74, 6) is 0.0712. The van der Waals surface area contributed by atoms with Gasteiger partial charge in [-0.15, -0.1) is 0 Å². The molecule has 0 bridgehead atoms. The number of fused-ring (bicyclic) bond motifs is 2. The normalized spacial score (nSPS) is 12.4. The molecule has 0 fully saturated rings. The Hall–Kier alpha value is -4.27. The van der Waals surface area contributed by atoms with Gasteiger partial charge in [0.15, 0.2) is 12.4 Å². The first kappa shape index (κ1) is 21.6. The number of methoxy groups -OCH3 is 1. The van der Waals surface area contributed by atoms with Crippen molar-refractivity contribution >= 4 is 28.5 Å². The maximum atomic E-state index is 13.0. The van der Waals surface area contributed by atoms with E-state index in [2.05, 4.69) is 15.5 Å². The average molecular weight is 458 g/mol. The van der Waals surface area contributed by atoms with Gasteiger partial charge in [-0.2, -0.15) is 4.98 Å². The predicted molar refractivity (Wildman–Crippen MR) is 123 cm³/mol. The molecule has 0 saturated heterocycles. The van der Waals surface area contributed by atoms with E-state index in [0.717, 1.165) is 41.4 Å². The highest BCUT2D eigenvalue weighted by Gasteiger charge is 2.25. The third-order valence-corrected chi connectivity index (χ3v) is 5.66. The Morgan fingerprint density at radius 1 is 1.06 bits per heavy atom. The van der Waals surface area contributed by atoms with Crippen LogP contribution in [-0.4, -0.2) is 34.1 Å². The number of rotatable bonds is 7. The molecule has 0 aliphatic heterocycles. The van der Waals surface area contributed by atoms with Crippen LogP contribution < -0.4 is 10.1 Å². The predicted octanol–water partition coefficient (Wildman–Crippen LogP) is 3.65. The Labute approximate surface area is 195 Å². The number of ether oxygens (including phenoxy) is 2. The number of anilines is 1. The fourth-order valence-corrected chi connectivity index (χ4v) is 4.15. The highest BCUT2D eigenvalue weighted by molar-refractivity contribution is 6.05. The summed E-state index contributed by atoms with van der Waals surface area (Å²) in [7, 11) is 1.53. The second kappa shape index (κ2) is 9.30. The standard InChI is InChI=1S/C25H22N4O5/c1-32-20-12-5-4-10-19(20)27-22(30)13-21-28-23(34-29-21)14-33-25(31)24-15-7-2-3-9-17(15)26-18-11-6-8-16(18)24/h2-5,7,9-10,12H,6,8,11,13-14H2,1H3,(H,27,30). The third-order valence-electron chi connectivity index (χ3n) is 5.66. The van der Waals surface area contributed by atoms with Gasteiger partial charge in [-0.1, -0.05) is 35.5 Å². The molecule has 2 aromatic carbocycles. The number of hydrogen-bond acceptors (Lipinski definition) is 8. The molecule has 9 heteroatoms. The number of aryl methyl sites for hydroxylation is 1. The fourth-order valence-electron chi connectivity index (χ4n) is 4.15. The van der Waals surface area contributed by atoms with Crippen LogP contribution >= 0.6 is 0 Å². The minimum Gasteiger partial charge on any atom is -0.495 e. The van der Waals surface area contributed by atoms with Crippen molar-refractivity contribution in [2.24, 2.45) is 0 Å². The molecule has 34 heavy (non-hydrogen) atoms. The molecule has 0 saturated carbocycles. The smallest absolute Gasteiger partial charge is 0.339 e. The van der Waals surface area contributed by atoms with E-state index in [4.69, 9.17) is 19.0 Å². The molecule has 1 aliphatic carbocycles. The van der Waals surface area contributed by atoms with Crippen molar-refractivity contribution in [1.82, 2.24) is 15.1 Å². The van der Waals surface area contributed by atoms with Gasteiger partial charge in [-0.25, -0.2) is 4.79 Å². The van der Waals surface area contributed by atoms with Crippen LogP contribution in [0.25, 0.3) is 10.9 Å². The SMILES string of the molecule is COc1ccccc1NC(=O)Cc1noc(COC(=O)c2c3c(nc4ccccc24)CCC3)n1. The van der Waals surface area contributed by atoms with Gasteiger partial charge in [-0.3, -0.25) is 9.78 Å². The number of pyridine rings is 1. The number of nitrogens with zero attached hydrogens (tertiary/aromatic N) is 3. The van der Waals surface area contributed by atoms with Crippen LogP contribution in [0.1, 0.15) is 39.8 Å². The molecular weight excluding hydrogens is 436 g/mol. The van der Waals surface area contributed by atoms with Gasteiger partial charge >= 0.3 is 5.97 Å². The van der Waals surface area contributed by atoms with E-state index in [1.165, 1.54) is 7.11 Å². The number of carbonyl (C=O) groups is 2. The van der Waals surface area contributed by atoms with Crippen LogP contribution in [0.15, 0.2) is 53.1 Å². The number of aromatic nitrogens is 3. The lowest BCUT2D eigenvalue weighted by Gasteiger charge is -2.11. The zero-order valence-electron chi connectivity index (χ0n) is 18.5. The number of benzene rings is 2. The number of carbonyl (C=O) groups excluding carboxylic acids is 2. The summed E-state index contributed by atoms with van der Waals surface area (Å²) in [5.41, 5.74) is 3.77. The molecule has 0 unspecified atom stereocenters. The monoisotopic (exact) mass is 458 g/mol. The number of amides is 1. The highest BCUT2D eigenvalue weighted by atomic mass is 16.6. The summed E-state index contributed by atoms with van der Waals surface area (Å²) in [5, 5.41) is 7.34. The molecule has 0 spiro atoms. The Morgan fingerprint density at radius 2 is 1.88 bits per heavy atom. The van der Waals surface area contributed by atoms with E-state index in [0.29, 0.717) is 17.0 Å². The fraction of sp³-hybridized carbons (Fsp3) is 0.240. The quantitative estimate of drug-likeness (QED) is 0.417. The van der Waals surface area contributed by atoms with Gasteiger partial charge in [0, 0.05) is 11.1 Å². The lowest BCUT2D eigenvalue weighted by molar-refractivity contribution is -0.115. The summed E-state index contributed by atoms with van der Waals surface area (Å²) in [4.78, 5) is 34.3. The van der Waals surface area contributed by atoms with E-state index < -0.39 is 5.97 Å². The Balaban J connectivity index is 1.25. The molecule has 0 radical (unpaired) electrons. The minimum absolute atomic E-state index is 0.0992. The number of nitrogens with one attached hydrogen (secondary N) is 1. The van der Waals surface area contributed by atoms with Crippen molar-refractivity contribution < 1.29 is 23.6 Å². The first-order valence-corrected chi connectivity index (χ1v) is 10.9. The van der Waals surface area contributed by atoms with E-state index in [1.807, 2.05) is 30.3 Å². The molecule has 172 valence electrons. The summed E-state index contributed by atoms with van der Waals surface area (Å²) in [6, 6.07) is 14.6. The third kappa shape index (κ3) is 4.32. The molecule has 2 aromatic heterocycles. The molecule has 1 amide bonds. The zero-order chi connectivity index (χ0) is 23.5. The molecule has 5 rings (SSSR count). The van der Waals surface area contributed by atoms with Crippen LogP contribution in [0.5, 0.6) is 5.75 Å². The van der Waals surface area contributed by atoms with Crippen molar-refractivity contribution in [3.05, 3.63) is 77.1 Å². The van der Waals surface area contributed by atoms with Gasteiger partial charge in [0.25, 0.3) is 5.89 Å². The van der Waals surface area contributed by atoms with Crippen LogP contribution in [0, 0.1) is 0 Å². The Bertz CT molecular complexity index is 1380. The maximum absolute atomic E-state index is 13.0. The minimum atomic E-state index is -0.453. The summed E-state index contributed by atoms with van der Waals surface area (Å²) >= 11 is 0. The second-order valence-electron chi connectivity index (χ2n) is 7.89. The largest absolute Gasteiger partial charge is 0.495 e. The lowest BCUT2D eigenvalue weighted by Crippen LogP contribution is -2.16. The summed E-state index contributed by atoms with van der Waals surface area (Å²) in [6.07, 6.45) is 2.51. The van der Waals surface area contributed by atoms with E-state index in [1.54, 1.807) is 18.2 Å². The van der Waals surface area contributed by atoms with Crippen molar-refractivity contribution in [3.8, 4) is 5.75 Å². The number of hydrogen-bond donors (Lipinski definition) is 1. The maximum Gasteiger partial charge on any atom is 0.339 e. The first-order chi connectivity index (χ1) is 16.6. The summed E-state index contributed by atoms with van der Waals surface area (Å²) in [6.45, 7) is -0.189. The molecule has 0 atom stereocenters. The van der Waals surface area contributed by atoms with Gasteiger partial charge < -0.3 is 19.3 Å². The molecule has 1 aliphatic rings. The average Bonchev–Trinajstić information content (AvgIpc) is 3.50. The van der Waals surface area contributed by atoms with Crippen LogP contribution in [0.2, 0.25) is 0 Å². The number of para-hydroxylation sites is 3. The van der Waals surface area contributed by atoms with Crippen LogP contribution in [0.3, 0.4) is 0 Å².